The molecule has 1 fully saturated rings. The minimum absolute atomic E-state index is 0. The summed E-state index contributed by atoms with van der Waals surface area (Å²) in [5.41, 5.74) is 2.11. The molecule has 32 heavy (non-hydrogen) atoms. The summed E-state index contributed by atoms with van der Waals surface area (Å²) in [7, 11) is 5.01. The Morgan fingerprint density at radius 2 is 1.75 bits per heavy atom. The van der Waals surface area contributed by atoms with Crippen LogP contribution in [0.4, 0.5) is 4.39 Å². The van der Waals surface area contributed by atoms with Gasteiger partial charge >= 0.3 is 0 Å². The van der Waals surface area contributed by atoms with Crippen LogP contribution in [0.3, 0.4) is 0 Å². The highest BCUT2D eigenvalue weighted by molar-refractivity contribution is 14.0. The van der Waals surface area contributed by atoms with Gasteiger partial charge in [0, 0.05) is 33.2 Å². The molecule has 1 heterocycles. The average molecular weight is 558 g/mol. The molecule has 0 spiro atoms. The van der Waals surface area contributed by atoms with Gasteiger partial charge in [0.15, 0.2) is 17.5 Å². The smallest absolute Gasteiger partial charge is 0.191 e. The van der Waals surface area contributed by atoms with Crippen molar-refractivity contribution < 1.29 is 18.6 Å². The van der Waals surface area contributed by atoms with Gasteiger partial charge in [0.2, 0.25) is 0 Å². The summed E-state index contributed by atoms with van der Waals surface area (Å²) in [6.07, 6.45) is 0. The number of rotatable bonds is 8. The van der Waals surface area contributed by atoms with Crippen LogP contribution in [0.2, 0.25) is 0 Å². The van der Waals surface area contributed by atoms with Crippen molar-refractivity contribution >= 4 is 29.9 Å². The van der Waals surface area contributed by atoms with Gasteiger partial charge in [-0.2, -0.15) is 0 Å². The Hall–Kier alpha value is -2.11. The van der Waals surface area contributed by atoms with Crippen molar-refractivity contribution in [2.75, 3.05) is 54.1 Å². The molecule has 1 aliphatic rings. The molecule has 2 N–H and O–H groups in total. The Balaban J connectivity index is 0.00000363. The second-order valence-electron chi connectivity index (χ2n) is 7.21. The van der Waals surface area contributed by atoms with Crippen molar-refractivity contribution in [1.82, 2.24) is 15.5 Å². The fraction of sp³-hybridized carbons (Fsp3) is 0.435. The van der Waals surface area contributed by atoms with Crippen molar-refractivity contribution in [3.8, 4) is 11.5 Å². The SMILES string of the molecule is CN=C(NCc1ccc(F)cc1)NCC(c1ccc(OC)c(OC)c1)N1CCOCC1.I. The molecule has 1 atom stereocenters. The summed E-state index contributed by atoms with van der Waals surface area (Å²) in [5.74, 6) is 1.85. The summed E-state index contributed by atoms with van der Waals surface area (Å²) < 4.78 is 29.5. The fourth-order valence-corrected chi connectivity index (χ4v) is 3.61. The number of methoxy groups -OCH3 is 2. The summed E-state index contributed by atoms with van der Waals surface area (Å²) >= 11 is 0. The van der Waals surface area contributed by atoms with E-state index in [1.807, 2.05) is 12.1 Å². The maximum absolute atomic E-state index is 13.1. The van der Waals surface area contributed by atoms with Gasteiger partial charge in [-0.25, -0.2) is 4.39 Å². The third-order valence-electron chi connectivity index (χ3n) is 5.34. The van der Waals surface area contributed by atoms with Gasteiger partial charge in [0.1, 0.15) is 5.82 Å². The van der Waals surface area contributed by atoms with Crippen molar-refractivity contribution in [1.29, 1.82) is 0 Å². The van der Waals surface area contributed by atoms with Crippen LogP contribution in [0.25, 0.3) is 0 Å². The molecule has 0 radical (unpaired) electrons. The maximum Gasteiger partial charge on any atom is 0.191 e. The molecule has 0 amide bonds. The highest BCUT2D eigenvalue weighted by Gasteiger charge is 2.24. The van der Waals surface area contributed by atoms with Gasteiger partial charge in [0.25, 0.3) is 0 Å². The van der Waals surface area contributed by atoms with Gasteiger partial charge in [-0.1, -0.05) is 18.2 Å². The first-order valence-corrected chi connectivity index (χ1v) is 10.4. The van der Waals surface area contributed by atoms with E-state index >= 15 is 0 Å². The second kappa shape index (κ2) is 13.4. The Bertz CT molecular complexity index is 861. The lowest BCUT2D eigenvalue weighted by Gasteiger charge is -2.35. The highest BCUT2D eigenvalue weighted by Crippen LogP contribution is 2.32. The first-order chi connectivity index (χ1) is 15.1. The number of halogens is 2. The Kier molecular flexibility index (Phi) is 11.0. The summed E-state index contributed by atoms with van der Waals surface area (Å²) in [4.78, 5) is 6.72. The number of hydrogen-bond acceptors (Lipinski definition) is 5. The third kappa shape index (κ3) is 7.21. The standard InChI is InChI=1S/C23H31FN4O3.HI/c1-25-23(26-15-17-4-7-19(24)8-5-17)27-16-20(28-10-12-31-13-11-28)18-6-9-21(29-2)22(14-18)30-3;/h4-9,14,20H,10-13,15-16H2,1-3H3,(H2,25,26,27);1H. The Labute approximate surface area is 206 Å². The molecule has 1 aliphatic heterocycles. The molecule has 1 unspecified atom stereocenters. The summed E-state index contributed by atoms with van der Waals surface area (Å²) in [5, 5.41) is 6.71. The van der Waals surface area contributed by atoms with E-state index in [-0.39, 0.29) is 35.8 Å². The summed E-state index contributed by atoms with van der Waals surface area (Å²) in [6, 6.07) is 12.6. The van der Waals surface area contributed by atoms with E-state index in [2.05, 4.69) is 26.6 Å². The minimum atomic E-state index is -0.241. The van der Waals surface area contributed by atoms with Crippen LogP contribution < -0.4 is 20.1 Å². The molecule has 0 aromatic heterocycles. The van der Waals surface area contributed by atoms with Crippen LogP contribution in [0.5, 0.6) is 11.5 Å². The molecular weight excluding hydrogens is 526 g/mol. The molecule has 2 aromatic carbocycles. The van der Waals surface area contributed by atoms with Crippen molar-refractivity contribution in [3.63, 3.8) is 0 Å². The average Bonchev–Trinajstić information content (AvgIpc) is 2.82. The topological polar surface area (TPSA) is 67.4 Å². The third-order valence-corrected chi connectivity index (χ3v) is 5.34. The van der Waals surface area contributed by atoms with E-state index in [4.69, 9.17) is 14.2 Å². The zero-order chi connectivity index (χ0) is 22.1. The van der Waals surface area contributed by atoms with Gasteiger partial charge in [-0.05, 0) is 35.4 Å². The number of morpholine rings is 1. The molecule has 2 aromatic rings. The number of nitrogens with zero attached hydrogens (tertiary/aromatic N) is 2. The molecule has 3 rings (SSSR count). The van der Waals surface area contributed by atoms with E-state index in [0.29, 0.717) is 43.8 Å². The predicted octanol–water partition coefficient (Wildman–Crippen LogP) is 3.20. The second-order valence-corrected chi connectivity index (χ2v) is 7.21. The van der Waals surface area contributed by atoms with Gasteiger partial charge in [0.05, 0.1) is 33.5 Å². The Morgan fingerprint density at radius 1 is 1.06 bits per heavy atom. The van der Waals surface area contributed by atoms with E-state index < -0.39 is 0 Å². The van der Waals surface area contributed by atoms with E-state index in [0.717, 1.165) is 24.2 Å². The van der Waals surface area contributed by atoms with E-state index in [1.54, 1.807) is 33.4 Å². The number of guanidine groups is 1. The number of nitrogens with one attached hydrogen (secondary N) is 2. The quantitative estimate of drug-likeness (QED) is 0.295. The van der Waals surface area contributed by atoms with Crippen LogP contribution >= 0.6 is 24.0 Å². The number of aliphatic imine (C=N–C) groups is 1. The molecule has 0 bridgehead atoms. The molecule has 176 valence electrons. The lowest BCUT2D eigenvalue weighted by molar-refractivity contribution is 0.0169. The fourth-order valence-electron chi connectivity index (χ4n) is 3.61. The number of benzene rings is 2. The molecular formula is C23H32FIN4O3. The van der Waals surface area contributed by atoms with Crippen molar-refractivity contribution in [2.24, 2.45) is 4.99 Å². The molecule has 1 saturated heterocycles. The highest BCUT2D eigenvalue weighted by atomic mass is 127. The molecule has 0 aliphatic carbocycles. The predicted molar refractivity (Wildman–Crippen MR) is 135 cm³/mol. The Morgan fingerprint density at radius 3 is 2.38 bits per heavy atom. The summed E-state index contributed by atoms with van der Waals surface area (Å²) in [6.45, 7) is 4.32. The van der Waals surface area contributed by atoms with E-state index in [9.17, 15) is 4.39 Å². The van der Waals surface area contributed by atoms with E-state index in [1.165, 1.54) is 12.1 Å². The van der Waals surface area contributed by atoms with Crippen molar-refractivity contribution in [3.05, 3.63) is 59.4 Å². The minimum Gasteiger partial charge on any atom is -0.493 e. The monoisotopic (exact) mass is 558 g/mol. The number of ether oxygens (including phenoxy) is 3. The lowest BCUT2D eigenvalue weighted by atomic mass is 10.0. The van der Waals surface area contributed by atoms with Gasteiger partial charge in [-0.3, -0.25) is 9.89 Å². The number of hydrogen-bond donors (Lipinski definition) is 2. The normalized spacial score (nSPS) is 15.4. The molecule has 9 heteroatoms. The molecule has 0 saturated carbocycles. The van der Waals surface area contributed by atoms with Crippen LogP contribution in [0.1, 0.15) is 17.2 Å². The van der Waals surface area contributed by atoms with Crippen LogP contribution in [-0.2, 0) is 11.3 Å². The molecule has 7 nitrogen and oxygen atoms in total. The van der Waals surface area contributed by atoms with Gasteiger partial charge in [-0.15, -0.1) is 24.0 Å². The van der Waals surface area contributed by atoms with Crippen LogP contribution in [0.15, 0.2) is 47.5 Å². The first-order valence-electron chi connectivity index (χ1n) is 10.4. The van der Waals surface area contributed by atoms with Crippen molar-refractivity contribution in [2.45, 2.75) is 12.6 Å². The zero-order valence-corrected chi connectivity index (χ0v) is 21.1. The van der Waals surface area contributed by atoms with Crippen LogP contribution in [0, 0.1) is 5.82 Å². The maximum atomic E-state index is 13.1. The van der Waals surface area contributed by atoms with Gasteiger partial charge < -0.3 is 24.8 Å². The largest absolute Gasteiger partial charge is 0.493 e. The zero-order valence-electron chi connectivity index (χ0n) is 18.8. The van der Waals surface area contributed by atoms with Crippen LogP contribution in [-0.4, -0.2) is 65.0 Å². The first kappa shape index (κ1) is 26.1. The lowest BCUT2D eigenvalue weighted by Crippen LogP contribution is -2.46.